The summed E-state index contributed by atoms with van der Waals surface area (Å²) in [5.41, 5.74) is 2.40. The second-order valence-corrected chi connectivity index (χ2v) is 5.58. The summed E-state index contributed by atoms with van der Waals surface area (Å²) in [4.78, 5) is 2.52. The Morgan fingerprint density at radius 1 is 1.21 bits per heavy atom. The molecule has 0 amide bonds. The molecule has 1 aromatic carbocycles. The van der Waals surface area contributed by atoms with Crippen molar-refractivity contribution >= 4 is 0 Å². The van der Waals surface area contributed by atoms with Crippen molar-refractivity contribution < 1.29 is 5.11 Å². The molecule has 0 spiro atoms. The minimum absolute atomic E-state index is 0.135. The van der Waals surface area contributed by atoms with Gasteiger partial charge in [0.05, 0.1) is 6.61 Å². The first-order valence-electron chi connectivity index (χ1n) is 7.10. The third kappa shape index (κ3) is 3.83. The van der Waals surface area contributed by atoms with E-state index < -0.39 is 0 Å². The highest BCUT2D eigenvalue weighted by Gasteiger charge is 2.25. The van der Waals surface area contributed by atoms with Crippen molar-refractivity contribution in [1.29, 1.82) is 0 Å². The molecule has 2 unspecified atom stereocenters. The summed E-state index contributed by atoms with van der Waals surface area (Å²) in [5.74, 6) is 7.76. The van der Waals surface area contributed by atoms with Crippen molar-refractivity contribution in [1.82, 2.24) is 4.90 Å². The van der Waals surface area contributed by atoms with Crippen LogP contribution in [0.4, 0.5) is 0 Å². The number of rotatable bonds is 3. The van der Waals surface area contributed by atoms with E-state index in [-0.39, 0.29) is 6.61 Å². The monoisotopic (exact) mass is 257 g/mol. The maximum Gasteiger partial charge on any atom is 0.0540 e. The molecular weight excluding hydrogens is 234 g/mol. The first kappa shape index (κ1) is 14.1. The van der Waals surface area contributed by atoms with E-state index in [1.54, 1.807) is 0 Å². The van der Waals surface area contributed by atoms with Crippen LogP contribution in [0.25, 0.3) is 0 Å². The number of likely N-dealkylation sites (tertiary alicyclic amines) is 1. The van der Waals surface area contributed by atoms with Gasteiger partial charge in [0, 0.05) is 31.6 Å². The Balaban J connectivity index is 2.06. The largest absolute Gasteiger partial charge is 0.395 e. The van der Waals surface area contributed by atoms with Gasteiger partial charge in [-0.1, -0.05) is 43.9 Å². The number of nitrogens with zero attached hydrogens (tertiary/aromatic N) is 1. The Morgan fingerprint density at radius 2 is 1.89 bits per heavy atom. The predicted molar refractivity (Wildman–Crippen MR) is 78.6 cm³/mol. The number of aliphatic hydroxyl groups excluding tert-OH is 1. The second-order valence-electron chi connectivity index (χ2n) is 5.58. The maximum atomic E-state index is 8.79. The van der Waals surface area contributed by atoms with Gasteiger partial charge >= 0.3 is 0 Å². The van der Waals surface area contributed by atoms with Crippen LogP contribution in [-0.4, -0.2) is 29.7 Å². The van der Waals surface area contributed by atoms with E-state index in [9.17, 15) is 0 Å². The zero-order valence-electron chi connectivity index (χ0n) is 11.9. The van der Waals surface area contributed by atoms with Gasteiger partial charge in [0.2, 0.25) is 0 Å². The molecular formula is C17H23NO. The molecule has 2 heteroatoms. The third-order valence-electron chi connectivity index (χ3n) is 3.93. The zero-order chi connectivity index (χ0) is 13.7. The summed E-state index contributed by atoms with van der Waals surface area (Å²) in [5, 5.41) is 8.79. The molecule has 2 rings (SSSR count). The fourth-order valence-electron chi connectivity index (χ4n) is 2.61. The predicted octanol–water partition coefficient (Wildman–Crippen LogP) is 2.51. The van der Waals surface area contributed by atoms with E-state index in [2.05, 4.69) is 48.8 Å². The molecule has 1 aliphatic rings. The van der Waals surface area contributed by atoms with E-state index in [1.807, 2.05) is 6.07 Å². The third-order valence-corrected chi connectivity index (χ3v) is 3.93. The lowest BCUT2D eigenvalue weighted by molar-refractivity contribution is 0.305. The molecule has 0 radical (unpaired) electrons. The first-order valence-corrected chi connectivity index (χ1v) is 7.10. The molecule has 2 nitrogen and oxygen atoms in total. The molecule has 1 saturated heterocycles. The molecule has 19 heavy (non-hydrogen) atoms. The van der Waals surface area contributed by atoms with Crippen LogP contribution in [-0.2, 0) is 6.54 Å². The van der Waals surface area contributed by atoms with Gasteiger partial charge in [0.25, 0.3) is 0 Å². The number of aliphatic hydroxyl groups is 1. The molecule has 1 heterocycles. The van der Waals surface area contributed by atoms with Crippen LogP contribution in [0.15, 0.2) is 24.3 Å². The van der Waals surface area contributed by atoms with Crippen molar-refractivity contribution in [3.05, 3.63) is 35.4 Å². The van der Waals surface area contributed by atoms with Gasteiger partial charge in [-0.15, -0.1) is 0 Å². The van der Waals surface area contributed by atoms with Crippen LogP contribution in [0.1, 0.15) is 31.4 Å². The Bertz CT molecular complexity index is 462. The summed E-state index contributed by atoms with van der Waals surface area (Å²) in [6.45, 7) is 8.14. The van der Waals surface area contributed by atoms with Gasteiger partial charge in [-0.2, -0.15) is 0 Å². The van der Waals surface area contributed by atoms with Gasteiger partial charge in [-0.05, 0) is 23.5 Å². The molecule has 0 bridgehead atoms. The lowest BCUT2D eigenvalue weighted by atomic mass is 10.0. The fourth-order valence-corrected chi connectivity index (χ4v) is 2.61. The van der Waals surface area contributed by atoms with E-state index in [1.165, 1.54) is 18.7 Å². The van der Waals surface area contributed by atoms with Crippen molar-refractivity contribution in [2.45, 2.75) is 26.8 Å². The Morgan fingerprint density at radius 3 is 2.58 bits per heavy atom. The topological polar surface area (TPSA) is 23.5 Å². The van der Waals surface area contributed by atoms with Crippen molar-refractivity contribution in [2.75, 3.05) is 19.7 Å². The van der Waals surface area contributed by atoms with Gasteiger partial charge in [0.15, 0.2) is 0 Å². The quantitative estimate of drug-likeness (QED) is 0.841. The number of benzene rings is 1. The molecule has 0 saturated carbocycles. The van der Waals surface area contributed by atoms with E-state index in [0.717, 1.165) is 23.9 Å². The van der Waals surface area contributed by atoms with E-state index in [4.69, 9.17) is 5.11 Å². The molecule has 1 aromatic rings. The second kappa shape index (κ2) is 6.75. The van der Waals surface area contributed by atoms with Crippen LogP contribution in [0.5, 0.6) is 0 Å². The highest BCUT2D eigenvalue weighted by molar-refractivity contribution is 5.41. The zero-order valence-corrected chi connectivity index (χ0v) is 11.9. The molecule has 2 atom stereocenters. The van der Waals surface area contributed by atoms with Crippen molar-refractivity contribution in [2.24, 2.45) is 11.8 Å². The van der Waals surface area contributed by atoms with Gasteiger partial charge in [-0.25, -0.2) is 0 Å². The smallest absolute Gasteiger partial charge is 0.0540 e. The number of hydrogen-bond acceptors (Lipinski definition) is 2. The summed E-state index contributed by atoms with van der Waals surface area (Å²) < 4.78 is 0. The minimum atomic E-state index is 0.135. The van der Waals surface area contributed by atoms with E-state index in [0.29, 0.717) is 6.42 Å². The lowest BCUT2D eigenvalue weighted by Gasteiger charge is -2.16. The normalized spacial score (nSPS) is 23.1. The number of hydrogen-bond donors (Lipinski definition) is 1. The van der Waals surface area contributed by atoms with Crippen LogP contribution < -0.4 is 0 Å². The van der Waals surface area contributed by atoms with Gasteiger partial charge < -0.3 is 5.11 Å². The molecule has 0 aliphatic carbocycles. The highest BCUT2D eigenvalue weighted by atomic mass is 16.2. The minimum Gasteiger partial charge on any atom is -0.395 e. The SMILES string of the molecule is CC1CN(Cc2ccccc2C#CCCO)CC1C. The van der Waals surface area contributed by atoms with Gasteiger partial charge in [-0.3, -0.25) is 4.90 Å². The van der Waals surface area contributed by atoms with E-state index >= 15 is 0 Å². The molecule has 1 aliphatic heterocycles. The fraction of sp³-hybridized carbons (Fsp3) is 0.529. The maximum absolute atomic E-state index is 8.79. The average Bonchev–Trinajstić information content (AvgIpc) is 2.71. The molecule has 1 N–H and O–H groups in total. The van der Waals surface area contributed by atoms with Gasteiger partial charge in [0.1, 0.15) is 0 Å². The molecule has 102 valence electrons. The Kier molecular flexibility index (Phi) is 5.01. The Hall–Kier alpha value is -1.30. The van der Waals surface area contributed by atoms with Crippen molar-refractivity contribution in [3.8, 4) is 11.8 Å². The summed E-state index contributed by atoms with van der Waals surface area (Å²) >= 11 is 0. The highest BCUT2D eigenvalue weighted by Crippen LogP contribution is 2.24. The van der Waals surface area contributed by atoms with Crippen molar-refractivity contribution in [3.63, 3.8) is 0 Å². The Labute approximate surface area is 116 Å². The lowest BCUT2D eigenvalue weighted by Crippen LogP contribution is -2.20. The summed E-state index contributed by atoms with van der Waals surface area (Å²) in [7, 11) is 0. The first-order chi connectivity index (χ1) is 9.20. The average molecular weight is 257 g/mol. The molecule has 0 aromatic heterocycles. The van der Waals surface area contributed by atoms with Crippen LogP contribution in [0.2, 0.25) is 0 Å². The summed E-state index contributed by atoms with van der Waals surface area (Å²) in [6.07, 6.45) is 0.548. The van der Waals surface area contributed by atoms with Crippen LogP contribution >= 0.6 is 0 Å². The van der Waals surface area contributed by atoms with Crippen LogP contribution in [0.3, 0.4) is 0 Å². The molecule has 1 fully saturated rings. The van der Waals surface area contributed by atoms with Crippen LogP contribution in [0, 0.1) is 23.7 Å². The standard InChI is InChI=1S/C17H23NO/c1-14-11-18(12-15(14)2)13-17-9-4-3-7-16(17)8-5-6-10-19/h3-4,7,9,14-15,19H,6,10-13H2,1-2H3. The summed E-state index contributed by atoms with van der Waals surface area (Å²) in [6, 6.07) is 8.34.